The molecule has 7 nitrogen and oxygen atoms in total. The van der Waals surface area contributed by atoms with E-state index < -0.39 is 5.97 Å². The van der Waals surface area contributed by atoms with Crippen LogP contribution in [0, 0.1) is 0 Å². The lowest BCUT2D eigenvalue weighted by molar-refractivity contribution is 0.0444. The van der Waals surface area contributed by atoms with Crippen LogP contribution < -0.4 is 5.73 Å². The number of carbonyl (C=O) groups is 1. The van der Waals surface area contributed by atoms with E-state index in [4.69, 9.17) is 10.5 Å². The van der Waals surface area contributed by atoms with E-state index in [0.717, 1.165) is 0 Å². The van der Waals surface area contributed by atoms with Crippen molar-refractivity contribution in [3.63, 3.8) is 0 Å². The molecule has 0 spiro atoms. The Labute approximate surface area is 111 Å². The summed E-state index contributed by atoms with van der Waals surface area (Å²) < 4.78 is 8.67. The Morgan fingerprint density at radius 3 is 2.89 bits per heavy atom. The maximum Gasteiger partial charge on any atom is 0.355 e. The second kappa shape index (κ2) is 5.55. The molecule has 0 amide bonds. The second-order valence-electron chi connectivity index (χ2n) is 4.01. The predicted octanol–water partition coefficient (Wildman–Crippen LogP) is 1.06. The molecule has 102 valence electrons. The monoisotopic (exact) mass is 263 g/mol. The minimum absolute atomic E-state index is 0.0987. The van der Waals surface area contributed by atoms with E-state index in [1.54, 1.807) is 21.5 Å². The van der Waals surface area contributed by atoms with Gasteiger partial charge < -0.3 is 15.0 Å². The topological polar surface area (TPSA) is 88.0 Å². The first-order valence-electron chi connectivity index (χ1n) is 6.15. The van der Waals surface area contributed by atoms with Crippen molar-refractivity contribution in [2.45, 2.75) is 33.5 Å². The molecule has 0 radical (unpaired) electrons. The summed E-state index contributed by atoms with van der Waals surface area (Å²) in [7, 11) is 0. The van der Waals surface area contributed by atoms with Crippen LogP contribution >= 0.6 is 0 Å². The van der Waals surface area contributed by atoms with Crippen LogP contribution in [0.1, 0.15) is 30.2 Å². The van der Waals surface area contributed by atoms with Gasteiger partial charge in [-0.3, -0.25) is 0 Å². The quantitative estimate of drug-likeness (QED) is 0.815. The van der Waals surface area contributed by atoms with Crippen LogP contribution in [-0.4, -0.2) is 25.3 Å². The Bertz CT molecular complexity index is 572. The zero-order valence-electron chi connectivity index (χ0n) is 11.0. The molecular weight excluding hydrogens is 246 g/mol. The summed E-state index contributed by atoms with van der Waals surface area (Å²) in [5.74, 6) is 0.211. The average Bonchev–Trinajstić information content (AvgIpc) is 3.01. The summed E-state index contributed by atoms with van der Waals surface area (Å²) in [5, 5.41) is 4.01. The summed E-state index contributed by atoms with van der Waals surface area (Å²) in [6.45, 7) is 5.33. The van der Waals surface area contributed by atoms with Gasteiger partial charge in [0.1, 0.15) is 12.0 Å². The first-order chi connectivity index (χ1) is 9.15. The van der Waals surface area contributed by atoms with E-state index in [1.807, 2.05) is 13.8 Å². The number of aryl methyl sites for hydroxylation is 2. The van der Waals surface area contributed by atoms with E-state index in [-0.39, 0.29) is 6.61 Å². The molecule has 0 saturated carbocycles. The number of anilines is 1. The first kappa shape index (κ1) is 13.1. The van der Waals surface area contributed by atoms with E-state index in [1.165, 1.54) is 6.33 Å². The Morgan fingerprint density at radius 2 is 2.21 bits per heavy atom. The van der Waals surface area contributed by atoms with Gasteiger partial charge in [0.2, 0.25) is 0 Å². The summed E-state index contributed by atoms with van der Waals surface area (Å²) in [6.07, 6.45) is 3.16. The minimum atomic E-state index is -0.413. The fourth-order valence-electron chi connectivity index (χ4n) is 1.83. The summed E-state index contributed by atoms with van der Waals surface area (Å²) in [5.41, 5.74) is 6.67. The normalized spacial score (nSPS) is 10.6. The summed E-state index contributed by atoms with van der Waals surface area (Å²) in [6, 6.07) is 1.61. The molecule has 0 aliphatic carbocycles. The third kappa shape index (κ3) is 2.75. The largest absolute Gasteiger partial charge is 0.453 e. The molecule has 2 aromatic heterocycles. The average molecular weight is 263 g/mol. The van der Waals surface area contributed by atoms with Crippen molar-refractivity contribution in [3.05, 3.63) is 30.1 Å². The molecule has 0 aliphatic rings. The highest BCUT2D eigenvalue weighted by atomic mass is 16.5. The highest BCUT2D eigenvalue weighted by Crippen LogP contribution is 2.12. The van der Waals surface area contributed by atoms with Gasteiger partial charge in [-0.15, -0.1) is 0 Å². The molecule has 0 aromatic carbocycles. The Hall–Kier alpha value is -2.31. The maximum atomic E-state index is 12.0. The van der Waals surface area contributed by atoms with Crippen molar-refractivity contribution >= 4 is 11.7 Å². The van der Waals surface area contributed by atoms with Crippen LogP contribution in [0.15, 0.2) is 18.6 Å². The van der Waals surface area contributed by atoms with E-state index >= 15 is 0 Å². The molecule has 0 saturated heterocycles. The number of esters is 1. The molecule has 0 fully saturated rings. The molecule has 2 heterocycles. The van der Waals surface area contributed by atoms with Gasteiger partial charge in [0, 0.05) is 19.3 Å². The van der Waals surface area contributed by atoms with Gasteiger partial charge in [0.05, 0.1) is 5.69 Å². The lowest BCUT2D eigenvalue weighted by atomic mass is 10.4. The minimum Gasteiger partial charge on any atom is -0.453 e. The van der Waals surface area contributed by atoms with E-state index in [9.17, 15) is 4.79 Å². The van der Waals surface area contributed by atoms with Gasteiger partial charge in [0.15, 0.2) is 12.4 Å². The van der Waals surface area contributed by atoms with Crippen LogP contribution in [-0.2, 0) is 24.4 Å². The smallest absolute Gasteiger partial charge is 0.355 e. The van der Waals surface area contributed by atoms with Crippen molar-refractivity contribution in [2.75, 3.05) is 5.73 Å². The SMILES string of the molecule is CCn1cc(N)cc1C(=O)OCc1ncnn1CC. The van der Waals surface area contributed by atoms with Crippen molar-refractivity contribution in [1.29, 1.82) is 0 Å². The zero-order chi connectivity index (χ0) is 13.8. The summed E-state index contributed by atoms with van der Waals surface area (Å²) in [4.78, 5) is 16.0. The number of aromatic nitrogens is 4. The fourth-order valence-corrected chi connectivity index (χ4v) is 1.83. The maximum absolute atomic E-state index is 12.0. The molecular formula is C12H17N5O2. The Kier molecular flexibility index (Phi) is 3.84. The Morgan fingerprint density at radius 1 is 1.42 bits per heavy atom. The van der Waals surface area contributed by atoms with Gasteiger partial charge in [-0.1, -0.05) is 0 Å². The molecule has 19 heavy (non-hydrogen) atoms. The van der Waals surface area contributed by atoms with Crippen molar-refractivity contribution in [3.8, 4) is 0 Å². The lowest BCUT2D eigenvalue weighted by Gasteiger charge is -2.07. The summed E-state index contributed by atoms with van der Waals surface area (Å²) >= 11 is 0. The van der Waals surface area contributed by atoms with Crippen molar-refractivity contribution < 1.29 is 9.53 Å². The third-order valence-electron chi connectivity index (χ3n) is 2.80. The fraction of sp³-hybridized carbons (Fsp3) is 0.417. The molecule has 0 aliphatic heterocycles. The van der Waals surface area contributed by atoms with Gasteiger partial charge in [-0.25, -0.2) is 14.5 Å². The van der Waals surface area contributed by atoms with Crippen molar-refractivity contribution in [2.24, 2.45) is 0 Å². The van der Waals surface area contributed by atoms with Crippen LogP contribution in [0.2, 0.25) is 0 Å². The van der Waals surface area contributed by atoms with Gasteiger partial charge in [-0.05, 0) is 19.9 Å². The number of hydrogen-bond acceptors (Lipinski definition) is 5. The van der Waals surface area contributed by atoms with E-state index in [2.05, 4.69) is 10.1 Å². The second-order valence-corrected chi connectivity index (χ2v) is 4.01. The van der Waals surface area contributed by atoms with E-state index in [0.29, 0.717) is 30.3 Å². The molecule has 0 atom stereocenters. The number of carbonyl (C=O) groups excluding carboxylic acids is 1. The number of rotatable bonds is 5. The zero-order valence-corrected chi connectivity index (χ0v) is 11.0. The molecule has 2 rings (SSSR count). The lowest BCUT2D eigenvalue weighted by Crippen LogP contribution is -2.13. The highest BCUT2D eigenvalue weighted by Gasteiger charge is 2.15. The molecule has 2 aromatic rings. The van der Waals surface area contributed by atoms with Gasteiger partial charge in [-0.2, -0.15) is 5.10 Å². The van der Waals surface area contributed by atoms with Crippen molar-refractivity contribution in [1.82, 2.24) is 19.3 Å². The molecule has 2 N–H and O–H groups in total. The van der Waals surface area contributed by atoms with Gasteiger partial charge in [0.25, 0.3) is 0 Å². The number of nitrogens with zero attached hydrogens (tertiary/aromatic N) is 4. The third-order valence-corrected chi connectivity index (χ3v) is 2.80. The first-order valence-corrected chi connectivity index (χ1v) is 6.15. The standard InChI is InChI=1S/C12H17N5O2/c1-3-16-6-9(13)5-10(16)12(18)19-7-11-14-8-15-17(11)4-2/h5-6,8H,3-4,7,13H2,1-2H3. The number of ether oxygens (including phenoxy) is 1. The number of nitrogen functional groups attached to an aromatic ring is 1. The number of hydrogen-bond donors (Lipinski definition) is 1. The van der Waals surface area contributed by atoms with Gasteiger partial charge >= 0.3 is 5.97 Å². The van der Waals surface area contributed by atoms with Crippen LogP contribution in [0.25, 0.3) is 0 Å². The number of nitrogens with two attached hydrogens (primary N) is 1. The van der Waals surface area contributed by atoms with Crippen LogP contribution in [0.5, 0.6) is 0 Å². The molecule has 0 bridgehead atoms. The van der Waals surface area contributed by atoms with Crippen LogP contribution in [0.3, 0.4) is 0 Å². The Balaban J connectivity index is 2.05. The molecule has 0 unspecified atom stereocenters. The predicted molar refractivity (Wildman–Crippen MR) is 69.3 cm³/mol. The van der Waals surface area contributed by atoms with Crippen LogP contribution in [0.4, 0.5) is 5.69 Å². The molecule has 7 heteroatoms. The highest BCUT2D eigenvalue weighted by molar-refractivity contribution is 5.89.